The maximum Gasteiger partial charge on any atom is 0.161 e. The van der Waals surface area contributed by atoms with Gasteiger partial charge in [-0.25, -0.2) is 14.4 Å². The highest BCUT2D eigenvalue weighted by molar-refractivity contribution is 5.81. The second-order valence-electron chi connectivity index (χ2n) is 4.99. The smallest absolute Gasteiger partial charge is 0.161 e. The number of nitrogens with two attached hydrogens (primary N) is 1. The molecular weight excluding hydrogens is 293 g/mol. The molecule has 0 aliphatic rings. The van der Waals surface area contributed by atoms with Crippen molar-refractivity contribution < 1.29 is 4.39 Å². The fourth-order valence-electron chi connectivity index (χ4n) is 2.20. The minimum Gasteiger partial charge on any atom is -0.393 e. The lowest BCUT2D eigenvalue weighted by atomic mass is 10.2. The van der Waals surface area contributed by atoms with Crippen LogP contribution in [-0.4, -0.2) is 17.0 Å². The van der Waals surface area contributed by atoms with Gasteiger partial charge in [0.05, 0.1) is 0 Å². The van der Waals surface area contributed by atoms with Crippen molar-refractivity contribution in [2.75, 3.05) is 23.0 Å². The van der Waals surface area contributed by atoms with E-state index in [1.807, 2.05) is 42.3 Å². The third-order valence-corrected chi connectivity index (χ3v) is 3.43. The Bertz CT molecular complexity index is 790. The van der Waals surface area contributed by atoms with Crippen LogP contribution in [0.4, 0.5) is 33.1 Å². The first kappa shape index (κ1) is 14.8. The van der Waals surface area contributed by atoms with E-state index >= 15 is 0 Å². The van der Waals surface area contributed by atoms with Gasteiger partial charge < -0.3 is 16.0 Å². The first-order valence-corrected chi connectivity index (χ1v) is 7.07. The van der Waals surface area contributed by atoms with Crippen molar-refractivity contribution >= 4 is 28.7 Å². The first-order chi connectivity index (χ1) is 11.1. The molecule has 0 spiro atoms. The van der Waals surface area contributed by atoms with Gasteiger partial charge in [-0.1, -0.05) is 18.2 Å². The molecule has 5 nitrogen and oxygen atoms in total. The normalized spacial score (nSPS) is 10.3. The number of halogens is 1. The lowest BCUT2D eigenvalue weighted by Gasteiger charge is -2.21. The first-order valence-electron chi connectivity index (χ1n) is 7.07. The third-order valence-electron chi connectivity index (χ3n) is 3.43. The molecule has 1 aromatic heterocycles. The Hall–Kier alpha value is -3.15. The van der Waals surface area contributed by atoms with Crippen molar-refractivity contribution in [3.8, 4) is 0 Å². The van der Waals surface area contributed by atoms with E-state index in [-0.39, 0.29) is 5.82 Å². The third kappa shape index (κ3) is 3.21. The monoisotopic (exact) mass is 309 g/mol. The lowest BCUT2D eigenvalue weighted by Crippen LogP contribution is -2.15. The van der Waals surface area contributed by atoms with E-state index in [0.717, 1.165) is 5.69 Å². The number of aromatic nitrogens is 2. The highest BCUT2D eigenvalue weighted by atomic mass is 19.1. The fourth-order valence-corrected chi connectivity index (χ4v) is 2.20. The predicted molar refractivity (Wildman–Crippen MR) is 90.6 cm³/mol. The SMILES string of the molecule is CN(c1ccccc1)c1ncnc(Nc2ccc(F)cc2)c1N. The van der Waals surface area contributed by atoms with Gasteiger partial charge >= 0.3 is 0 Å². The summed E-state index contributed by atoms with van der Waals surface area (Å²) in [6, 6.07) is 15.8. The molecule has 0 saturated heterocycles. The molecule has 0 atom stereocenters. The van der Waals surface area contributed by atoms with Crippen LogP contribution in [0.3, 0.4) is 0 Å². The Labute approximate surface area is 133 Å². The van der Waals surface area contributed by atoms with Crippen molar-refractivity contribution in [3.63, 3.8) is 0 Å². The number of rotatable bonds is 4. The Kier molecular flexibility index (Phi) is 4.05. The number of nitrogen functional groups attached to an aromatic ring is 1. The van der Waals surface area contributed by atoms with E-state index in [4.69, 9.17) is 5.73 Å². The van der Waals surface area contributed by atoms with Crippen LogP contribution in [0.25, 0.3) is 0 Å². The maximum atomic E-state index is 13.0. The van der Waals surface area contributed by atoms with E-state index < -0.39 is 0 Å². The molecule has 0 radical (unpaired) electrons. The zero-order valence-electron chi connectivity index (χ0n) is 12.6. The van der Waals surface area contributed by atoms with Gasteiger partial charge in [-0.2, -0.15) is 0 Å². The summed E-state index contributed by atoms with van der Waals surface area (Å²) in [5.74, 6) is 0.774. The Morgan fingerprint density at radius 2 is 1.70 bits per heavy atom. The second-order valence-corrected chi connectivity index (χ2v) is 4.99. The molecule has 6 heteroatoms. The number of nitrogens with one attached hydrogen (secondary N) is 1. The summed E-state index contributed by atoms with van der Waals surface area (Å²) in [7, 11) is 1.88. The molecule has 0 fully saturated rings. The zero-order valence-corrected chi connectivity index (χ0v) is 12.6. The van der Waals surface area contributed by atoms with Crippen LogP contribution in [0.1, 0.15) is 0 Å². The number of benzene rings is 2. The molecule has 0 aliphatic carbocycles. The molecule has 1 heterocycles. The summed E-state index contributed by atoms with van der Waals surface area (Å²) in [5.41, 5.74) is 8.28. The van der Waals surface area contributed by atoms with Gasteiger partial charge in [0.25, 0.3) is 0 Å². The summed E-state index contributed by atoms with van der Waals surface area (Å²) >= 11 is 0. The van der Waals surface area contributed by atoms with Crippen LogP contribution in [0.2, 0.25) is 0 Å². The summed E-state index contributed by atoms with van der Waals surface area (Å²) < 4.78 is 13.0. The van der Waals surface area contributed by atoms with Crippen LogP contribution in [0, 0.1) is 5.82 Å². The highest BCUT2D eigenvalue weighted by Gasteiger charge is 2.13. The Morgan fingerprint density at radius 1 is 1.00 bits per heavy atom. The van der Waals surface area contributed by atoms with Crippen LogP contribution in [0.15, 0.2) is 60.9 Å². The van der Waals surface area contributed by atoms with Gasteiger partial charge in [-0.3, -0.25) is 0 Å². The molecule has 0 aliphatic heterocycles. The molecule has 116 valence electrons. The van der Waals surface area contributed by atoms with Crippen LogP contribution < -0.4 is 16.0 Å². The largest absolute Gasteiger partial charge is 0.393 e. The average molecular weight is 309 g/mol. The van der Waals surface area contributed by atoms with Gasteiger partial charge in [-0.15, -0.1) is 0 Å². The van der Waals surface area contributed by atoms with E-state index in [1.54, 1.807) is 12.1 Å². The summed E-state index contributed by atoms with van der Waals surface area (Å²) in [6.07, 6.45) is 1.44. The highest BCUT2D eigenvalue weighted by Crippen LogP contribution is 2.31. The standard InChI is InChI=1S/C17H16FN5/c1-23(14-5-3-2-4-6-14)17-15(19)16(20-11-21-17)22-13-9-7-12(18)8-10-13/h2-11H,19H2,1H3,(H,20,21,22). The number of anilines is 5. The number of hydrogen-bond acceptors (Lipinski definition) is 5. The van der Waals surface area contributed by atoms with E-state index in [1.165, 1.54) is 18.5 Å². The quantitative estimate of drug-likeness (QED) is 0.769. The predicted octanol–water partition coefficient (Wildman–Crippen LogP) is 3.71. The van der Waals surface area contributed by atoms with Crippen molar-refractivity contribution in [1.29, 1.82) is 0 Å². The summed E-state index contributed by atoms with van der Waals surface area (Å²) in [4.78, 5) is 10.3. The van der Waals surface area contributed by atoms with Gasteiger partial charge in [0.15, 0.2) is 11.6 Å². The maximum absolute atomic E-state index is 13.0. The Balaban J connectivity index is 1.90. The van der Waals surface area contributed by atoms with E-state index in [0.29, 0.717) is 23.0 Å². The van der Waals surface area contributed by atoms with E-state index in [2.05, 4.69) is 15.3 Å². The minimum atomic E-state index is -0.296. The molecule has 0 bridgehead atoms. The number of nitrogens with zero attached hydrogens (tertiary/aromatic N) is 3. The van der Waals surface area contributed by atoms with Gasteiger partial charge in [0, 0.05) is 18.4 Å². The molecule has 2 aromatic carbocycles. The van der Waals surface area contributed by atoms with Crippen molar-refractivity contribution in [2.24, 2.45) is 0 Å². The van der Waals surface area contributed by atoms with E-state index in [9.17, 15) is 4.39 Å². The lowest BCUT2D eigenvalue weighted by molar-refractivity contribution is 0.628. The topological polar surface area (TPSA) is 67.1 Å². The number of para-hydroxylation sites is 1. The molecule has 3 N–H and O–H groups in total. The van der Waals surface area contributed by atoms with Crippen molar-refractivity contribution in [3.05, 3.63) is 66.7 Å². The molecule has 0 unspecified atom stereocenters. The molecule has 0 amide bonds. The van der Waals surface area contributed by atoms with Gasteiger partial charge in [0.1, 0.15) is 17.8 Å². The van der Waals surface area contributed by atoms with Crippen LogP contribution in [-0.2, 0) is 0 Å². The van der Waals surface area contributed by atoms with Crippen LogP contribution in [0.5, 0.6) is 0 Å². The molecule has 23 heavy (non-hydrogen) atoms. The van der Waals surface area contributed by atoms with Crippen molar-refractivity contribution in [2.45, 2.75) is 0 Å². The van der Waals surface area contributed by atoms with Gasteiger partial charge in [-0.05, 0) is 36.4 Å². The Morgan fingerprint density at radius 3 is 2.39 bits per heavy atom. The molecule has 0 saturated carbocycles. The molecule has 3 rings (SSSR count). The molecular formula is C17H16FN5. The fraction of sp³-hybridized carbons (Fsp3) is 0.0588. The minimum absolute atomic E-state index is 0.296. The second kappa shape index (κ2) is 6.31. The average Bonchev–Trinajstić information content (AvgIpc) is 2.59. The van der Waals surface area contributed by atoms with Crippen LogP contribution >= 0.6 is 0 Å². The van der Waals surface area contributed by atoms with Crippen molar-refractivity contribution in [1.82, 2.24) is 9.97 Å². The zero-order chi connectivity index (χ0) is 16.2. The summed E-state index contributed by atoms with van der Waals surface area (Å²) in [6.45, 7) is 0. The molecule has 3 aromatic rings. The summed E-state index contributed by atoms with van der Waals surface area (Å²) in [5, 5.41) is 3.08. The number of hydrogen-bond donors (Lipinski definition) is 2. The van der Waals surface area contributed by atoms with Gasteiger partial charge in [0.2, 0.25) is 0 Å².